The van der Waals surface area contributed by atoms with Gasteiger partial charge in [0.2, 0.25) is 0 Å². The van der Waals surface area contributed by atoms with Crippen molar-refractivity contribution in [2.75, 3.05) is 36.9 Å². The first-order valence-corrected chi connectivity index (χ1v) is 7.93. The second kappa shape index (κ2) is 5.38. The van der Waals surface area contributed by atoms with E-state index in [1.54, 1.807) is 32.0 Å². The van der Waals surface area contributed by atoms with Crippen molar-refractivity contribution in [3.05, 3.63) is 18.2 Å². The Morgan fingerprint density at radius 2 is 1.89 bits per heavy atom. The lowest BCUT2D eigenvalue weighted by molar-refractivity contribution is 0.122. The van der Waals surface area contributed by atoms with Crippen LogP contribution < -0.4 is 10.6 Å². The smallest absolute Gasteiger partial charge is 0.182 e. The highest BCUT2D eigenvalue weighted by molar-refractivity contribution is 7.92. The quantitative estimate of drug-likeness (QED) is 0.847. The van der Waals surface area contributed by atoms with Crippen LogP contribution in [0.1, 0.15) is 13.8 Å². The molecule has 0 unspecified atom stereocenters. The van der Waals surface area contributed by atoms with E-state index in [4.69, 9.17) is 10.5 Å². The molecule has 1 heterocycles. The molecule has 2 rings (SSSR count). The number of hydrogen-bond donors (Lipinski definition) is 1. The van der Waals surface area contributed by atoms with Crippen LogP contribution in [0.4, 0.5) is 11.4 Å². The number of benzene rings is 1. The van der Waals surface area contributed by atoms with Crippen molar-refractivity contribution >= 4 is 21.2 Å². The molecule has 0 spiro atoms. The van der Waals surface area contributed by atoms with Crippen molar-refractivity contribution in [2.45, 2.75) is 24.0 Å². The largest absolute Gasteiger partial charge is 0.399 e. The Balaban J connectivity index is 2.49. The molecule has 1 aromatic rings. The van der Waals surface area contributed by atoms with Crippen molar-refractivity contribution in [2.24, 2.45) is 0 Å². The predicted molar refractivity (Wildman–Crippen MR) is 76.2 cm³/mol. The summed E-state index contributed by atoms with van der Waals surface area (Å²) in [4.78, 5) is 2.38. The van der Waals surface area contributed by atoms with Gasteiger partial charge in [0.15, 0.2) is 9.84 Å². The number of nitrogens with zero attached hydrogens (tertiary/aromatic N) is 1. The van der Waals surface area contributed by atoms with E-state index in [0.717, 1.165) is 0 Å². The molecular formula is C13H20N2O3S. The van der Waals surface area contributed by atoms with Gasteiger partial charge in [-0.1, -0.05) is 0 Å². The first kappa shape index (κ1) is 14.1. The second-order valence-corrected chi connectivity index (χ2v) is 7.39. The van der Waals surface area contributed by atoms with E-state index in [-0.39, 0.29) is 0 Å². The lowest BCUT2D eigenvalue weighted by Gasteiger charge is -2.31. The van der Waals surface area contributed by atoms with Gasteiger partial charge in [0.25, 0.3) is 0 Å². The van der Waals surface area contributed by atoms with Crippen LogP contribution in [0, 0.1) is 0 Å². The number of hydrogen-bond acceptors (Lipinski definition) is 5. The number of nitrogen functional groups attached to an aromatic ring is 1. The molecule has 19 heavy (non-hydrogen) atoms. The molecule has 1 aliphatic rings. The number of sulfone groups is 1. The molecule has 0 aliphatic carbocycles. The normalized spacial score (nSPS) is 16.9. The molecule has 0 saturated carbocycles. The Morgan fingerprint density at radius 3 is 2.47 bits per heavy atom. The van der Waals surface area contributed by atoms with Gasteiger partial charge in [-0.15, -0.1) is 0 Å². The third-order valence-corrected chi connectivity index (χ3v) is 5.46. The van der Waals surface area contributed by atoms with E-state index in [2.05, 4.69) is 0 Å². The first-order chi connectivity index (χ1) is 8.93. The van der Waals surface area contributed by atoms with Crippen LogP contribution in [0.5, 0.6) is 0 Å². The standard InChI is InChI=1S/C13H20N2O3S/c1-10(2)19(16,17)13-4-3-11(14)9-12(13)15-5-7-18-8-6-15/h3-4,9-10H,5-8,14H2,1-2H3. The lowest BCUT2D eigenvalue weighted by atomic mass is 10.2. The first-order valence-electron chi connectivity index (χ1n) is 6.39. The summed E-state index contributed by atoms with van der Waals surface area (Å²) in [5, 5.41) is -0.448. The average Bonchev–Trinajstić information content (AvgIpc) is 2.39. The van der Waals surface area contributed by atoms with Crippen molar-refractivity contribution in [3.63, 3.8) is 0 Å². The van der Waals surface area contributed by atoms with Crippen LogP contribution in [0.25, 0.3) is 0 Å². The molecule has 5 nitrogen and oxygen atoms in total. The van der Waals surface area contributed by atoms with Crippen LogP contribution in [0.3, 0.4) is 0 Å². The van der Waals surface area contributed by atoms with Crippen LogP contribution in [-0.2, 0) is 14.6 Å². The highest BCUT2D eigenvalue weighted by Crippen LogP contribution is 2.30. The maximum atomic E-state index is 12.4. The number of anilines is 2. The fourth-order valence-electron chi connectivity index (χ4n) is 2.08. The summed E-state index contributed by atoms with van der Waals surface area (Å²) in [6.45, 7) is 5.96. The molecular weight excluding hydrogens is 264 g/mol. The summed E-state index contributed by atoms with van der Waals surface area (Å²) in [7, 11) is -3.31. The van der Waals surface area contributed by atoms with Gasteiger partial charge in [-0.05, 0) is 32.0 Å². The summed E-state index contributed by atoms with van der Waals surface area (Å²) < 4.78 is 30.1. The van der Waals surface area contributed by atoms with E-state index >= 15 is 0 Å². The molecule has 0 bridgehead atoms. The van der Waals surface area contributed by atoms with E-state index in [0.29, 0.717) is 42.6 Å². The van der Waals surface area contributed by atoms with Crippen molar-refractivity contribution < 1.29 is 13.2 Å². The zero-order valence-corrected chi connectivity index (χ0v) is 12.1. The van der Waals surface area contributed by atoms with Crippen LogP contribution >= 0.6 is 0 Å². The van der Waals surface area contributed by atoms with Gasteiger partial charge in [0.05, 0.1) is 29.0 Å². The van der Waals surface area contributed by atoms with Crippen molar-refractivity contribution in [1.29, 1.82) is 0 Å². The Kier molecular flexibility index (Phi) is 4.01. The Morgan fingerprint density at radius 1 is 1.26 bits per heavy atom. The van der Waals surface area contributed by atoms with Crippen LogP contribution in [0.15, 0.2) is 23.1 Å². The zero-order valence-electron chi connectivity index (χ0n) is 11.3. The molecule has 0 radical (unpaired) electrons. The zero-order chi connectivity index (χ0) is 14.0. The van der Waals surface area contributed by atoms with Gasteiger partial charge in [0, 0.05) is 18.8 Å². The Labute approximate surface area is 114 Å². The monoisotopic (exact) mass is 284 g/mol. The van der Waals surface area contributed by atoms with E-state index in [9.17, 15) is 8.42 Å². The minimum atomic E-state index is -3.31. The van der Waals surface area contributed by atoms with Crippen molar-refractivity contribution in [3.8, 4) is 0 Å². The summed E-state index contributed by atoms with van der Waals surface area (Å²) in [5.74, 6) is 0. The number of rotatable bonds is 3. The molecule has 1 fully saturated rings. The molecule has 6 heteroatoms. The third kappa shape index (κ3) is 2.84. The molecule has 1 saturated heterocycles. The molecule has 0 amide bonds. The maximum absolute atomic E-state index is 12.4. The number of nitrogens with two attached hydrogens (primary N) is 1. The van der Waals surface area contributed by atoms with Gasteiger partial charge in [-0.25, -0.2) is 8.42 Å². The minimum absolute atomic E-state index is 0.360. The van der Waals surface area contributed by atoms with Gasteiger partial charge >= 0.3 is 0 Å². The Bertz CT molecular complexity index is 549. The van der Waals surface area contributed by atoms with Gasteiger partial charge in [-0.2, -0.15) is 0 Å². The van der Waals surface area contributed by atoms with E-state index in [1.807, 2.05) is 4.90 Å². The summed E-state index contributed by atoms with van der Waals surface area (Å²) in [6, 6.07) is 4.98. The van der Waals surface area contributed by atoms with Gasteiger partial charge < -0.3 is 15.4 Å². The predicted octanol–water partition coefficient (Wildman–Crippen LogP) is 1.29. The van der Waals surface area contributed by atoms with Crippen LogP contribution in [0.2, 0.25) is 0 Å². The minimum Gasteiger partial charge on any atom is -0.399 e. The fourth-order valence-corrected chi connectivity index (χ4v) is 3.33. The summed E-state index contributed by atoms with van der Waals surface area (Å²) in [6.07, 6.45) is 0. The second-order valence-electron chi connectivity index (χ2n) is 4.92. The Hall–Kier alpha value is -1.27. The average molecular weight is 284 g/mol. The molecule has 2 N–H and O–H groups in total. The maximum Gasteiger partial charge on any atom is 0.182 e. The van der Waals surface area contributed by atoms with E-state index < -0.39 is 15.1 Å². The summed E-state index contributed by atoms with van der Waals surface area (Å²) >= 11 is 0. The topological polar surface area (TPSA) is 72.6 Å². The van der Waals surface area contributed by atoms with Gasteiger partial charge in [-0.3, -0.25) is 0 Å². The SMILES string of the molecule is CC(C)S(=O)(=O)c1ccc(N)cc1N1CCOCC1. The third-order valence-electron chi connectivity index (χ3n) is 3.26. The van der Waals surface area contributed by atoms with Gasteiger partial charge in [0.1, 0.15) is 0 Å². The molecule has 1 aliphatic heterocycles. The van der Waals surface area contributed by atoms with Crippen LogP contribution in [-0.4, -0.2) is 40.0 Å². The molecule has 0 aromatic heterocycles. The number of morpholine rings is 1. The van der Waals surface area contributed by atoms with Crippen molar-refractivity contribution in [1.82, 2.24) is 0 Å². The fraction of sp³-hybridized carbons (Fsp3) is 0.538. The summed E-state index contributed by atoms with van der Waals surface area (Å²) in [5.41, 5.74) is 7.07. The highest BCUT2D eigenvalue weighted by atomic mass is 32.2. The number of ether oxygens (including phenoxy) is 1. The molecule has 106 valence electrons. The molecule has 0 atom stereocenters. The molecule has 1 aromatic carbocycles. The lowest BCUT2D eigenvalue weighted by Crippen LogP contribution is -2.37. The highest BCUT2D eigenvalue weighted by Gasteiger charge is 2.26. The van der Waals surface area contributed by atoms with E-state index in [1.165, 1.54) is 0 Å².